The average molecular weight is 445 g/mol. The van der Waals surface area contributed by atoms with Gasteiger partial charge in [-0.15, -0.1) is 0 Å². The summed E-state index contributed by atoms with van der Waals surface area (Å²) >= 11 is 0. The molecule has 2 bridgehead atoms. The van der Waals surface area contributed by atoms with E-state index in [1.807, 2.05) is 13.1 Å². The molecule has 1 saturated heterocycles. The van der Waals surface area contributed by atoms with Gasteiger partial charge in [-0.1, -0.05) is 31.2 Å². The minimum Gasteiger partial charge on any atom is -0.508 e. The Morgan fingerprint density at radius 2 is 1.94 bits per heavy atom. The van der Waals surface area contributed by atoms with Crippen molar-refractivity contribution in [1.29, 1.82) is 0 Å². The van der Waals surface area contributed by atoms with Gasteiger partial charge in [0.1, 0.15) is 5.75 Å². The molecule has 1 N–H and O–H groups in total. The third-order valence-electron chi connectivity index (χ3n) is 7.89. The molecule has 6 heteroatoms. The Balaban J connectivity index is 1.49. The SMILES string of the molecule is CN(Cc1cccc(C(F)(F)F)c1)[C@@H]1[C@H]2Cc3ccc(O)cc3[C@]1(C)CCN2CC1CC1. The number of alkyl halides is 3. The van der Waals surface area contributed by atoms with Crippen LogP contribution < -0.4 is 0 Å². The molecule has 2 fully saturated rings. The number of fused-ring (bicyclic) bond motifs is 4. The van der Waals surface area contributed by atoms with E-state index in [2.05, 4.69) is 22.8 Å². The molecule has 3 aliphatic rings. The molecule has 0 aromatic heterocycles. The summed E-state index contributed by atoms with van der Waals surface area (Å²) in [5.74, 6) is 1.07. The van der Waals surface area contributed by atoms with Gasteiger partial charge in [0, 0.05) is 30.6 Å². The van der Waals surface area contributed by atoms with Crippen molar-refractivity contribution in [3.8, 4) is 5.75 Å². The van der Waals surface area contributed by atoms with Crippen LogP contribution in [0.3, 0.4) is 0 Å². The molecule has 1 aliphatic heterocycles. The number of nitrogens with zero attached hydrogens (tertiary/aromatic N) is 2. The molecule has 1 saturated carbocycles. The van der Waals surface area contributed by atoms with E-state index in [1.54, 1.807) is 12.1 Å². The van der Waals surface area contributed by atoms with Crippen molar-refractivity contribution >= 4 is 0 Å². The second-order valence-corrected chi connectivity index (χ2v) is 10.3. The monoisotopic (exact) mass is 444 g/mol. The first kappa shape index (κ1) is 21.8. The van der Waals surface area contributed by atoms with Gasteiger partial charge in [-0.05, 0) is 80.1 Å². The highest BCUT2D eigenvalue weighted by molar-refractivity contribution is 5.45. The molecule has 5 rings (SSSR count). The molecule has 32 heavy (non-hydrogen) atoms. The van der Waals surface area contributed by atoms with Crippen molar-refractivity contribution in [1.82, 2.24) is 9.80 Å². The second kappa shape index (κ2) is 7.77. The summed E-state index contributed by atoms with van der Waals surface area (Å²) in [6.45, 7) is 4.88. The fraction of sp³-hybridized carbons (Fsp3) is 0.538. The predicted molar refractivity (Wildman–Crippen MR) is 119 cm³/mol. The molecule has 0 unspecified atom stereocenters. The standard InChI is InChI=1S/C26H31F3N2O/c1-25-10-11-31(16-17-6-7-17)23(13-19-8-9-21(32)14-22(19)25)24(25)30(2)15-18-4-3-5-20(12-18)26(27,28)29/h3-5,8-9,12,14,17,23-24,32H,6-7,10-11,13,15-16H2,1-2H3/t23-,24-,25+/m1/s1. The number of halogens is 3. The maximum absolute atomic E-state index is 13.2. The van der Waals surface area contributed by atoms with Crippen molar-refractivity contribution in [2.75, 3.05) is 20.1 Å². The van der Waals surface area contributed by atoms with Gasteiger partial charge in [0.05, 0.1) is 5.56 Å². The molecule has 3 nitrogen and oxygen atoms in total. The lowest BCUT2D eigenvalue weighted by Gasteiger charge is -2.58. The normalized spacial score (nSPS) is 28.1. The van der Waals surface area contributed by atoms with E-state index >= 15 is 0 Å². The van der Waals surface area contributed by atoms with Crippen LogP contribution in [0.5, 0.6) is 5.75 Å². The highest BCUT2D eigenvalue weighted by Gasteiger charge is 2.52. The second-order valence-electron chi connectivity index (χ2n) is 10.3. The summed E-state index contributed by atoms with van der Waals surface area (Å²) in [6, 6.07) is 11.9. The minimum atomic E-state index is -4.33. The molecule has 0 spiro atoms. The Hall–Kier alpha value is -2.05. The lowest BCUT2D eigenvalue weighted by atomic mass is 9.61. The fourth-order valence-corrected chi connectivity index (χ4v) is 6.22. The van der Waals surface area contributed by atoms with Crippen LogP contribution in [0.1, 0.15) is 48.4 Å². The summed E-state index contributed by atoms with van der Waals surface area (Å²) in [7, 11) is 2.05. The maximum atomic E-state index is 13.2. The van der Waals surface area contributed by atoms with Crippen LogP contribution >= 0.6 is 0 Å². The van der Waals surface area contributed by atoms with Crippen LogP contribution in [0.4, 0.5) is 13.2 Å². The summed E-state index contributed by atoms with van der Waals surface area (Å²) in [6.07, 6.45) is 0.157. The predicted octanol–water partition coefficient (Wildman–Crippen LogP) is 5.21. The molecule has 2 aromatic carbocycles. The van der Waals surface area contributed by atoms with Gasteiger partial charge >= 0.3 is 6.18 Å². The third kappa shape index (κ3) is 3.92. The molecular weight excluding hydrogens is 413 g/mol. The van der Waals surface area contributed by atoms with E-state index in [0.717, 1.165) is 37.9 Å². The van der Waals surface area contributed by atoms with Crippen molar-refractivity contribution in [2.24, 2.45) is 5.92 Å². The number of likely N-dealkylation sites (N-methyl/N-ethyl adjacent to an activating group) is 1. The average Bonchev–Trinajstić information content (AvgIpc) is 3.54. The highest BCUT2D eigenvalue weighted by Crippen LogP contribution is 2.49. The summed E-state index contributed by atoms with van der Waals surface area (Å²) in [5, 5.41) is 10.2. The van der Waals surface area contributed by atoms with Crippen LogP contribution in [0.25, 0.3) is 0 Å². The van der Waals surface area contributed by atoms with Gasteiger partial charge in [0.2, 0.25) is 0 Å². The Bertz CT molecular complexity index is 1000. The van der Waals surface area contributed by atoms with Crippen molar-refractivity contribution < 1.29 is 18.3 Å². The number of phenols is 1. The number of piperidine rings is 1. The number of rotatable bonds is 5. The number of benzene rings is 2. The number of hydrogen-bond donors (Lipinski definition) is 1. The third-order valence-corrected chi connectivity index (χ3v) is 7.89. The van der Waals surface area contributed by atoms with Crippen LogP contribution in [-0.2, 0) is 24.6 Å². The van der Waals surface area contributed by atoms with Crippen LogP contribution in [0, 0.1) is 5.92 Å². The molecule has 2 aliphatic carbocycles. The molecule has 1 heterocycles. The summed E-state index contributed by atoms with van der Waals surface area (Å²) in [5.41, 5.74) is 2.41. The van der Waals surface area contributed by atoms with E-state index in [-0.39, 0.29) is 17.2 Å². The van der Waals surface area contributed by atoms with Gasteiger partial charge in [-0.3, -0.25) is 9.80 Å². The number of aromatic hydroxyl groups is 1. The van der Waals surface area contributed by atoms with Crippen molar-refractivity contribution in [2.45, 2.75) is 62.8 Å². The lowest BCUT2D eigenvalue weighted by Crippen LogP contribution is -2.67. The topological polar surface area (TPSA) is 26.7 Å². The molecule has 172 valence electrons. The zero-order valence-electron chi connectivity index (χ0n) is 18.7. The first-order valence-electron chi connectivity index (χ1n) is 11.6. The molecule has 3 atom stereocenters. The van der Waals surface area contributed by atoms with Gasteiger partial charge in [0.25, 0.3) is 0 Å². The molecule has 0 amide bonds. The fourth-order valence-electron chi connectivity index (χ4n) is 6.22. The Labute approximate surface area is 187 Å². The van der Waals surface area contributed by atoms with Gasteiger partial charge in [0.15, 0.2) is 0 Å². The van der Waals surface area contributed by atoms with Crippen LogP contribution in [0.2, 0.25) is 0 Å². The zero-order valence-corrected chi connectivity index (χ0v) is 18.7. The van der Waals surface area contributed by atoms with E-state index in [0.29, 0.717) is 18.2 Å². The number of hydrogen-bond acceptors (Lipinski definition) is 3. The van der Waals surface area contributed by atoms with Crippen LogP contribution in [-0.4, -0.2) is 47.1 Å². The smallest absolute Gasteiger partial charge is 0.416 e. The zero-order chi connectivity index (χ0) is 22.7. The minimum absolute atomic E-state index is 0.159. The van der Waals surface area contributed by atoms with Crippen LogP contribution in [0.15, 0.2) is 42.5 Å². The van der Waals surface area contributed by atoms with Gasteiger partial charge < -0.3 is 5.11 Å². The van der Waals surface area contributed by atoms with E-state index in [1.165, 1.54) is 36.1 Å². The Kier molecular flexibility index (Phi) is 5.29. The largest absolute Gasteiger partial charge is 0.508 e. The summed E-state index contributed by atoms with van der Waals surface area (Å²) in [4.78, 5) is 4.88. The first-order chi connectivity index (χ1) is 15.1. The Morgan fingerprint density at radius 3 is 2.66 bits per heavy atom. The quantitative estimate of drug-likeness (QED) is 0.686. The molecular formula is C26H31F3N2O. The summed E-state index contributed by atoms with van der Waals surface area (Å²) < 4.78 is 39.7. The lowest BCUT2D eigenvalue weighted by molar-refractivity contribution is -0.137. The van der Waals surface area contributed by atoms with E-state index in [9.17, 15) is 18.3 Å². The van der Waals surface area contributed by atoms with Gasteiger partial charge in [-0.25, -0.2) is 0 Å². The number of likely N-dealkylation sites (tertiary alicyclic amines) is 1. The van der Waals surface area contributed by atoms with E-state index in [4.69, 9.17) is 0 Å². The highest BCUT2D eigenvalue weighted by atomic mass is 19.4. The Morgan fingerprint density at radius 1 is 1.16 bits per heavy atom. The van der Waals surface area contributed by atoms with Crippen molar-refractivity contribution in [3.63, 3.8) is 0 Å². The van der Waals surface area contributed by atoms with E-state index < -0.39 is 11.7 Å². The molecule has 2 aromatic rings. The van der Waals surface area contributed by atoms with Crippen molar-refractivity contribution in [3.05, 3.63) is 64.7 Å². The number of phenolic OH excluding ortho intramolecular Hbond substituents is 1. The first-order valence-corrected chi connectivity index (χ1v) is 11.6. The van der Waals surface area contributed by atoms with Gasteiger partial charge in [-0.2, -0.15) is 13.2 Å². The maximum Gasteiger partial charge on any atom is 0.416 e. The molecule has 0 radical (unpaired) electrons.